The SMILES string of the molecule is Cc1ccc([C@H]2C[C@@H](C)CCN2S(=O)(=O)C2CCOCC2)o1. The molecule has 5 nitrogen and oxygen atoms in total. The number of hydrogen-bond acceptors (Lipinski definition) is 4. The van der Waals surface area contributed by atoms with E-state index < -0.39 is 10.0 Å². The van der Waals surface area contributed by atoms with E-state index in [1.165, 1.54) is 0 Å². The third kappa shape index (κ3) is 3.09. The molecule has 3 heterocycles. The minimum absolute atomic E-state index is 0.162. The Balaban J connectivity index is 1.88. The Labute approximate surface area is 132 Å². The van der Waals surface area contributed by atoms with E-state index in [4.69, 9.17) is 9.15 Å². The maximum atomic E-state index is 13.1. The molecule has 3 rings (SSSR count). The zero-order valence-electron chi connectivity index (χ0n) is 13.3. The van der Waals surface area contributed by atoms with Crippen molar-refractivity contribution in [3.8, 4) is 0 Å². The molecule has 0 aliphatic carbocycles. The van der Waals surface area contributed by atoms with Gasteiger partial charge in [0.1, 0.15) is 11.5 Å². The van der Waals surface area contributed by atoms with Gasteiger partial charge < -0.3 is 9.15 Å². The van der Waals surface area contributed by atoms with E-state index in [1.807, 2.05) is 19.1 Å². The summed E-state index contributed by atoms with van der Waals surface area (Å²) in [5, 5.41) is -0.312. The Morgan fingerprint density at radius 1 is 1.18 bits per heavy atom. The lowest BCUT2D eigenvalue weighted by atomic mass is 9.93. The Bertz CT molecular complexity index is 603. The molecule has 22 heavy (non-hydrogen) atoms. The molecule has 6 heteroatoms. The van der Waals surface area contributed by atoms with Crippen molar-refractivity contribution in [1.29, 1.82) is 0 Å². The lowest BCUT2D eigenvalue weighted by molar-refractivity contribution is 0.0952. The van der Waals surface area contributed by atoms with Crippen LogP contribution in [0.1, 0.15) is 50.2 Å². The van der Waals surface area contributed by atoms with E-state index in [9.17, 15) is 8.42 Å². The quantitative estimate of drug-likeness (QED) is 0.856. The standard InChI is InChI=1S/C16H25NO4S/c1-12-5-8-17(15(11-12)16-4-3-13(2)21-16)22(18,19)14-6-9-20-10-7-14/h3-4,12,14-15H,5-11H2,1-2H3/t12-,15+/m0/s1. The number of rotatable bonds is 3. The first kappa shape index (κ1) is 16.0. The van der Waals surface area contributed by atoms with Gasteiger partial charge in [-0.1, -0.05) is 6.92 Å². The Morgan fingerprint density at radius 3 is 2.55 bits per heavy atom. The van der Waals surface area contributed by atoms with Crippen LogP contribution in [0.4, 0.5) is 0 Å². The summed E-state index contributed by atoms with van der Waals surface area (Å²) in [6.45, 7) is 5.75. The fraction of sp³-hybridized carbons (Fsp3) is 0.750. The minimum atomic E-state index is -3.30. The third-order valence-electron chi connectivity index (χ3n) is 4.82. The molecular formula is C16H25NO4S. The van der Waals surface area contributed by atoms with Crippen LogP contribution in [0, 0.1) is 12.8 Å². The van der Waals surface area contributed by atoms with Gasteiger partial charge in [0.2, 0.25) is 10.0 Å². The summed E-state index contributed by atoms with van der Waals surface area (Å²) < 4.78 is 38.9. The number of furan rings is 1. The van der Waals surface area contributed by atoms with E-state index in [0.717, 1.165) is 24.4 Å². The van der Waals surface area contributed by atoms with Crippen LogP contribution in [0.25, 0.3) is 0 Å². The average Bonchev–Trinajstić information content (AvgIpc) is 2.94. The van der Waals surface area contributed by atoms with Crippen molar-refractivity contribution < 1.29 is 17.6 Å². The second kappa shape index (κ2) is 6.34. The lowest BCUT2D eigenvalue weighted by Gasteiger charge is -2.39. The van der Waals surface area contributed by atoms with Gasteiger partial charge in [-0.15, -0.1) is 0 Å². The molecule has 0 amide bonds. The molecule has 2 aliphatic rings. The first-order chi connectivity index (χ1) is 10.5. The molecule has 2 saturated heterocycles. The van der Waals surface area contributed by atoms with Gasteiger partial charge in [-0.3, -0.25) is 0 Å². The highest BCUT2D eigenvalue weighted by Gasteiger charge is 2.41. The van der Waals surface area contributed by atoms with Crippen molar-refractivity contribution in [2.45, 2.75) is 50.8 Å². The monoisotopic (exact) mass is 327 g/mol. The van der Waals surface area contributed by atoms with Gasteiger partial charge in [0.25, 0.3) is 0 Å². The predicted octanol–water partition coefficient (Wildman–Crippen LogP) is 2.87. The fourth-order valence-corrected chi connectivity index (χ4v) is 5.56. The van der Waals surface area contributed by atoms with Crippen LogP contribution in [-0.2, 0) is 14.8 Å². The number of piperidine rings is 1. The largest absolute Gasteiger partial charge is 0.465 e. The molecule has 2 aliphatic heterocycles. The number of nitrogens with zero attached hydrogens (tertiary/aromatic N) is 1. The van der Waals surface area contributed by atoms with Gasteiger partial charge in [0.15, 0.2) is 0 Å². The van der Waals surface area contributed by atoms with Crippen molar-refractivity contribution in [3.63, 3.8) is 0 Å². The number of hydrogen-bond donors (Lipinski definition) is 0. The van der Waals surface area contributed by atoms with Crippen molar-refractivity contribution >= 4 is 10.0 Å². The molecule has 0 unspecified atom stereocenters. The highest BCUT2D eigenvalue weighted by molar-refractivity contribution is 7.89. The molecule has 0 bridgehead atoms. The molecule has 1 aromatic rings. The van der Waals surface area contributed by atoms with Gasteiger partial charge in [-0.2, -0.15) is 4.31 Å². The van der Waals surface area contributed by atoms with Gasteiger partial charge >= 0.3 is 0 Å². The molecule has 0 spiro atoms. The average molecular weight is 327 g/mol. The summed E-state index contributed by atoms with van der Waals surface area (Å²) in [6, 6.07) is 3.67. The van der Waals surface area contributed by atoms with Crippen LogP contribution in [0.3, 0.4) is 0 Å². The molecule has 1 aromatic heterocycles. The van der Waals surface area contributed by atoms with Gasteiger partial charge in [-0.25, -0.2) is 8.42 Å². The maximum Gasteiger partial charge on any atom is 0.217 e. The Kier molecular flexibility index (Phi) is 4.61. The normalized spacial score (nSPS) is 28.8. The summed E-state index contributed by atoms with van der Waals surface area (Å²) in [7, 11) is -3.30. The predicted molar refractivity (Wildman–Crippen MR) is 84.1 cm³/mol. The highest BCUT2D eigenvalue weighted by Crippen LogP contribution is 2.38. The second-order valence-electron chi connectivity index (χ2n) is 6.56. The third-order valence-corrected chi connectivity index (χ3v) is 7.23. The van der Waals surface area contributed by atoms with E-state index >= 15 is 0 Å². The van der Waals surface area contributed by atoms with Crippen molar-refractivity contribution in [1.82, 2.24) is 4.31 Å². The van der Waals surface area contributed by atoms with E-state index in [2.05, 4.69) is 6.92 Å². The zero-order valence-corrected chi connectivity index (χ0v) is 14.1. The first-order valence-corrected chi connectivity index (χ1v) is 9.63. The Morgan fingerprint density at radius 2 is 1.91 bits per heavy atom. The van der Waals surface area contributed by atoms with Gasteiger partial charge in [-0.05, 0) is 50.7 Å². The summed E-state index contributed by atoms with van der Waals surface area (Å²) in [6.07, 6.45) is 2.94. The number of sulfonamides is 1. The first-order valence-electron chi connectivity index (χ1n) is 8.13. The van der Waals surface area contributed by atoms with Crippen molar-refractivity contribution in [2.24, 2.45) is 5.92 Å². The van der Waals surface area contributed by atoms with Crippen LogP contribution < -0.4 is 0 Å². The summed E-state index contributed by atoms with van der Waals surface area (Å²) in [4.78, 5) is 0. The van der Waals surface area contributed by atoms with Crippen molar-refractivity contribution in [2.75, 3.05) is 19.8 Å². The number of aryl methyl sites for hydroxylation is 1. The molecule has 2 fully saturated rings. The maximum absolute atomic E-state index is 13.1. The molecule has 0 radical (unpaired) electrons. The topological polar surface area (TPSA) is 59.8 Å². The fourth-order valence-electron chi connectivity index (χ4n) is 3.48. The van der Waals surface area contributed by atoms with Crippen molar-refractivity contribution in [3.05, 3.63) is 23.7 Å². The molecule has 2 atom stereocenters. The van der Waals surface area contributed by atoms with E-state index in [1.54, 1.807) is 4.31 Å². The van der Waals surface area contributed by atoms with Crippen LogP contribution in [0.15, 0.2) is 16.5 Å². The smallest absolute Gasteiger partial charge is 0.217 e. The summed E-state index contributed by atoms with van der Waals surface area (Å²) >= 11 is 0. The zero-order chi connectivity index (χ0) is 15.7. The number of ether oxygens (including phenoxy) is 1. The lowest BCUT2D eigenvalue weighted by Crippen LogP contribution is -2.46. The van der Waals surface area contributed by atoms with Gasteiger partial charge in [0, 0.05) is 19.8 Å². The van der Waals surface area contributed by atoms with Crippen LogP contribution in [-0.4, -0.2) is 37.7 Å². The van der Waals surface area contributed by atoms with Crippen LogP contribution in [0.2, 0.25) is 0 Å². The van der Waals surface area contributed by atoms with E-state index in [-0.39, 0.29) is 11.3 Å². The van der Waals surface area contributed by atoms with Crippen LogP contribution in [0.5, 0.6) is 0 Å². The molecule has 0 aromatic carbocycles. The highest BCUT2D eigenvalue weighted by atomic mass is 32.2. The summed E-state index contributed by atoms with van der Waals surface area (Å²) in [5.41, 5.74) is 0. The van der Waals surface area contributed by atoms with E-state index in [0.29, 0.717) is 38.5 Å². The second-order valence-corrected chi connectivity index (χ2v) is 8.73. The summed E-state index contributed by atoms with van der Waals surface area (Å²) in [5.74, 6) is 2.12. The van der Waals surface area contributed by atoms with Crippen LogP contribution >= 0.6 is 0 Å². The molecule has 0 saturated carbocycles. The minimum Gasteiger partial charge on any atom is -0.465 e. The molecular weight excluding hydrogens is 302 g/mol. The van der Waals surface area contributed by atoms with Gasteiger partial charge in [0.05, 0.1) is 11.3 Å². The molecule has 0 N–H and O–H groups in total. The Hall–Kier alpha value is -0.850. The molecule has 124 valence electrons.